The van der Waals surface area contributed by atoms with Crippen LogP contribution in [0.2, 0.25) is 0 Å². The summed E-state index contributed by atoms with van der Waals surface area (Å²) >= 11 is 0. The van der Waals surface area contributed by atoms with Crippen molar-refractivity contribution in [3.8, 4) is 5.75 Å². The monoisotopic (exact) mass is 371 g/mol. The first-order chi connectivity index (χ1) is 9.94. The molecule has 1 aromatic carbocycles. The molecular formula is C16H26BrN3O2. The molecule has 1 aliphatic rings. The molecule has 1 aliphatic heterocycles. The lowest BCUT2D eigenvalue weighted by atomic mass is 9.91. The Balaban J connectivity index is 0.00000242. The van der Waals surface area contributed by atoms with Gasteiger partial charge in [-0.05, 0) is 42.4 Å². The smallest absolute Gasteiger partial charge is 0.316 e. The van der Waals surface area contributed by atoms with Crippen molar-refractivity contribution in [3.63, 3.8) is 0 Å². The number of aromatic hydroxyl groups is 1. The molecule has 2 unspecified atom stereocenters. The van der Waals surface area contributed by atoms with Gasteiger partial charge in [-0.25, -0.2) is 4.79 Å². The van der Waals surface area contributed by atoms with Crippen LogP contribution in [0, 0.1) is 11.8 Å². The van der Waals surface area contributed by atoms with Crippen LogP contribution in [0.3, 0.4) is 0 Å². The normalized spacial score (nSPS) is 21.9. The van der Waals surface area contributed by atoms with Gasteiger partial charge in [-0.3, -0.25) is 0 Å². The third kappa shape index (κ3) is 5.50. The predicted octanol–water partition coefficient (Wildman–Crippen LogP) is 2.98. The number of hydrogen-bond acceptors (Lipinski definition) is 3. The third-order valence-corrected chi connectivity index (χ3v) is 3.98. The van der Waals surface area contributed by atoms with Crippen molar-refractivity contribution in [2.75, 3.05) is 25.0 Å². The molecule has 0 radical (unpaired) electrons. The molecule has 0 bridgehead atoms. The van der Waals surface area contributed by atoms with Gasteiger partial charge in [0, 0.05) is 19.6 Å². The SMILES string of the molecule is Br.CC1CC(C)CN(CCc2ccc(O)c(NC(N)=O)c2)C1. The van der Waals surface area contributed by atoms with Crippen molar-refractivity contribution in [2.45, 2.75) is 26.7 Å². The lowest BCUT2D eigenvalue weighted by molar-refractivity contribution is 0.142. The Hall–Kier alpha value is -1.27. The zero-order chi connectivity index (χ0) is 15.4. The second kappa shape index (κ2) is 8.39. The summed E-state index contributed by atoms with van der Waals surface area (Å²) < 4.78 is 0. The molecule has 1 fully saturated rings. The minimum Gasteiger partial charge on any atom is -0.506 e. The number of nitrogens with two attached hydrogens (primary N) is 1. The number of hydrogen-bond donors (Lipinski definition) is 3. The lowest BCUT2D eigenvalue weighted by Crippen LogP contribution is -2.39. The predicted molar refractivity (Wildman–Crippen MR) is 94.7 cm³/mol. The molecule has 5 nitrogen and oxygen atoms in total. The number of anilines is 1. The zero-order valence-corrected chi connectivity index (χ0v) is 14.9. The van der Waals surface area contributed by atoms with Gasteiger partial charge >= 0.3 is 6.03 Å². The van der Waals surface area contributed by atoms with E-state index in [1.165, 1.54) is 6.42 Å². The number of nitrogens with zero attached hydrogens (tertiary/aromatic N) is 1. The van der Waals surface area contributed by atoms with E-state index in [-0.39, 0.29) is 22.7 Å². The van der Waals surface area contributed by atoms with Crippen molar-refractivity contribution < 1.29 is 9.90 Å². The van der Waals surface area contributed by atoms with Gasteiger partial charge < -0.3 is 21.1 Å². The number of carbonyl (C=O) groups is 1. The lowest BCUT2D eigenvalue weighted by Gasteiger charge is -2.35. The second-order valence-electron chi connectivity index (χ2n) is 6.30. The molecule has 6 heteroatoms. The van der Waals surface area contributed by atoms with Gasteiger partial charge in [0.05, 0.1) is 5.69 Å². The van der Waals surface area contributed by atoms with Crippen LogP contribution in [0.15, 0.2) is 18.2 Å². The van der Waals surface area contributed by atoms with E-state index in [0.717, 1.165) is 43.5 Å². The second-order valence-corrected chi connectivity index (χ2v) is 6.30. The van der Waals surface area contributed by atoms with Crippen molar-refractivity contribution >= 4 is 28.7 Å². The maximum Gasteiger partial charge on any atom is 0.316 e. The number of nitrogens with one attached hydrogen (secondary N) is 1. The van der Waals surface area contributed by atoms with Crippen LogP contribution in [0.1, 0.15) is 25.8 Å². The van der Waals surface area contributed by atoms with E-state index in [1.807, 2.05) is 6.07 Å². The largest absolute Gasteiger partial charge is 0.506 e. The summed E-state index contributed by atoms with van der Waals surface area (Å²) in [4.78, 5) is 13.4. The number of halogens is 1. The minimum absolute atomic E-state index is 0. The minimum atomic E-state index is -0.666. The van der Waals surface area contributed by atoms with Gasteiger partial charge in [-0.2, -0.15) is 0 Å². The average Bonchev–Trinajstić information content (AvgIpc) is 2.38. The number of primary amides is 1. The van der Waals surface area contributed by atoms with Crippen LogP contribution < -0.4 is 11.1 Å². The summed E-state index contributed by atoms with van der Waals surface area (Å²) in [6.45, 7) is 7.90. The molecule has 0 aromatic heterocycles. The highest BCUT2D eigenvalue weighted by atomic mass is 79.9. The fraction of sp³-hybridized carbons (Fsp3) is 0.562. The van der Waals surface area contributed by atoms with E-state index in [1.54, 1.807) is 12.1 Å². The maximum atomic E-state index is 10.9. The highest BCUT2D eigenvalue weighted by Gasteiger charge is 2.21. The van der Waals surface area contributed by atoms with Gasteiger partial charge in [0.25, 0.3) is 0 Å². The Morgan fingerprint density at radius 3 is 2.59 bits per heavy atom. The van der Waals surface area contributed by atoms with Gasteiger partial charge in [-0.15, -0.1) is 17.0 Å². The number of likely N-dealkylation sites (tertiary alicyclic amines) is 1. The molecule has 0 aliphatic carbocycles. The molecule has 0 spiro atoms. The fourth-order valence-electron chi connectivity index (χ4n) is 3.23. The van der Waals surface area contributed by atoms with Crippen LogP contribution in [0.25, 0.3) is 0 Å². The number of rotatable bonds is 4. The first-order valence-corrected chi connectivity index (χ1v) is 7.54. The van der Waals surface area contributed by atoms with E-state index in [9.17, 15) is 9.90 Å². The van der Waals surface area contributed by atoms with Crippen molar-refractivity contribution in [1.29, 1.82) is 0 Å². The van der Waals surface area contributed by atoms with Crippen LogP contribution >= 0.6 is 17.0 Å². The molecule has 2 rings (SSSR count). The van der Waals surface area contributed by atoms with Crippen molar-refractivity contribution in [3.05, 3.63) is 23.8 Å². The number of urea groups is 1. The molecule has 22 heavy (non-hydrogen) atoms. The number of amides is 2. The summed E-state index contributed by atoms with van der Waals surface area (Å²) in [5.74, 6) is 1.54. The highest BCUT2D eigenvalue weighted by Crippen LogP contribution is 2.25. The van der Waals surface area contributed by atoms with E-state index < -0.39 is 6.03 Å². The van der Waals surface area contributed by atoms with E-state index in [4.69, 9.17) is 5.73 Å². The van der Waals surface area contributed by atoms with Crippen molar-refractivity contribution in [2.24, 2.45) is 17.6 Å². The van der Waals surface area contributed by atoms with Crippen LogP contribution in [-0.2, 0) is 6.42 Å². The third-order valence-electron chi connectivity index (χ3n) is 3.98. The summed E-state index contributed by atoms with van der Waals surface area (Å²) in [5, 5.41) is 12.1. The number of phenols is 1. The van der Waals surface area contributed by atoms with Crippen LogP contribution in [0.5, 0.6) is 5.75 Å². The molecule has 2 amide bonds. The first-order valence-electron chi connectivity index (χ1n) is 7.54. The van der Waals surface area contributed by atoms with Crippen molar-refractivity contribution in [1.82, 2.24) is 4.90 Å². The topological polar surface area (TPSA) is 78.6 Å². The Labute approximate surface area is 142 Å². The van der Waals surface area contributed by atoms with Gasteiger partial charge in [0.2, 0.25) is 0 Å². The van der Waals surface area contributed by atoms with E-state index in [0.29, 0.717) is 5.69 Å². The molecule has 124 valence electrons. The quantitative estimate of drug-likeness (QED) is 0.711. The number of piperidine rings is 1. The molecule has 2 atom stereocenters. The van der Waals surface area contributed by atoms with Gasteiger partial charge in [0.1, 0.15) is 5.75 Å². The summed E-state index contributed by atoms with van der Waals surface area (Å²) in [6.07, 6.45) is 2.20. The molecule has 1 aromatic rings. The highest BCUT2D eigenvalue weighted by molar-refractivity contribution is 8.93. The number of benzene rings is 1. The summed E-state index contributed by atoms with van der Waals surface area (Å²) in [7, 11) is 0. The van der Waals surface area contributed by atoms with E-state index in [2.05, 4.69) is 24.1 Å². The number of carbonyl (C=O) groups excluding carboxylic acids is 1. The molecule has 1 saturated heterocycles. The Morgan fingerprint density at radius 2 is 2.00 bits per heavy atom. The molecule has 4 N–H and O–H groups in total. The zero-order valence-electron chi connectivity index (χ0n) is 13.2. The Morgan fingerprint density at radius 1 is 1.36 bits per heavy atom. The standard InChI is InChI=1S/C16H25N3O2.BrH/c1-11-7-12(2)10-19(9-11)6-5-13-3-4-15(20)14(8-13)18-16(17)21;/h3-4,8,11-12,20H,5-7,9-10H2,1-2H3,(H3,17,18,21);1H. The molecular weight excluding hydrogens is 346 g/mol. The van der Waals surface area contributed by atoms with Gasteiger partial charge in [0.15, 0.2) is 0 Å². The van der Waals surface area contributed by atoms with Crippen LogP contribution in [-0.4, -0.2) is 35.7 Å². The Kier molecular flexibility index (Phi) is 7.16. The summed E-state index contributed by atoms with van der Waals surface area (Å²) in [6, 6.07) is 4.61. The van der Waals surface area contributed by atoms with E-state index >= 15 is 0 Å². The molecule has 0 saturated carbocycles. The fourth-order valence-corrected chi connectivity index (χ4v) is 3.23. The number of phenolic OH excluding ortho intramolecular Hbond substituents is 1. The molecule has 1 heterocycles. The van der Waals surface area contributed by atoms with Gasteiger partial charge in [-0.1, -0.05) is 19.9 Å². The first kappa shape index (κ1) is 18.8. The summed E-state index contributed by atoms with van der Waals surface area (Å²) in [5.41, 5.74) is 6.56. The van der Waals surface area contributed by atoms with Crippen LogP contribution in [0.4, 0.5) is 10.5 Å². The Bertz CT molecular complexity index is 500. The maximum absolute atomic E-state index is 10.9. The average molecular weight is 372 g/mol.